The predicted molar refractivity (Wildman–Crippen MR) is 73.7 cm³/mol. The molecule has 1 aliphatic carbocycles. The first-order valence-electron chi connectivity index (χ1n) is 7.00. The summed E-state index contributed by atoms with van der Waals surface area (Å²) >= 11 is 0. The minimum Gasteiger partial charge on any atom is -0.309 e. The number of hydrogen-bond donors (Lipinski definition) is 1. The Kier molecular flexibility index (Phi) is 4.70. The van der Waals surface area contributed by atoms with Crippen LogP contribution in [0.3, 0.4) is 0 Å². The lowest BCUT2D eigenvalue weighted by molar-refractivity contribution is -0.149. The number of hydrogen-bond acceptors (Lipinski definition) is 2. The first-order chi connectivity index (χ1) is 9.42. The number of nitrogens with zero attached hydrogens (tertiary/aromatic N) is 1. The van der Waals surface area contributed by atoms with Crippen LogP contribution in [0.5, 0.6) is 0 Å². The molecule has 1 aromatic rings. The van der Waals surface area contributed by atoms with Gasteiger partial charge in [0, 0.05) is 12.1 Å². The minimum atomic E-state index is -4.15. The minimum absolute atomic E-state index is 0.0303. The fourth-order valence-corrected chi connectivity index (χ4v) is 3.08. The first-order valence-corrected chi connectivity index (χ1v) is 7.00. The monoisotopic (exact) mass is 286 g/mol. The summed E-state index contributed by atoms with van der Waals surface area (Å²) in [6.45, 7) is 1.87. The van der Waals surface area contributed by atoms with Crippen LogP contribution in [0.25, 0.3) is 0 Å². The van der Waals surface area contributed by atoms with Crippen LogP contribution in [0.1, 0.15) is 30.5 Å². The van der Waals surface area contributed by atoms with E-state index in [4.69, 9.17) is 0 Å². The molecule has 0 saturated carbocycles. The van der Waals surface area contributed by atoms with Gasteiger partial charge in [-0.1, -0.05) is 31.2 Å². The zero-order chi connectivity index (χ0) is 14.8. The predicted octanol–water partition coefficient (Wildman–Crippen LogP) is 3.15. The van der Waals surface area contributed by atoms with Crippen LogP contribution in [0.4, 0.5) is 13.2 Å². The molecule has 0 bridgehead atoms. The lowest BCUT2D eigenvalue weighted by Crippen LogP contribution is -2.48. The quantitative estimate of drug-likeness (QED) is 0.914. The van der Waals surface area contributed by atoms with Crippen molar-refractivity contribution in [3.63, 3.8) is 0 Å². The van der Waals surface area contributed by atoms with Crippen molar-refractivity contribution in [3.8, 4) is 0 Å². The molecule has 1 aromatic carbocycles. The molecule has 0 amide bonds. The van der Waals surface area contributed by atoms with Gasteiger partial charge in [-0.25, -0.2) is 0 Å². The van der Waals surface area contributed by atoms with Gasteiger partial charge in [-0.3, -0.25) is 4.90 Å². The third kappa shape index (κ3) is 3.52. The third-order valence-corrected chi connectivity index (χ3v) is 3.90. The van der Waals surface area contributed by atoms with Gasteiger partial charge in [-0.05, 0) is 37.6 Å². The van der Waals surface area contributed by atoms with Crippen molar-refractivity contribution < 1.29 is 13.2 Å². The zero-order valence-electron chi connectivity index (χ0n) is 11.9. The third-order valence-electron chi connectivity index (χ3n) is 3.90. The summed E-state index contributed by atoms with van der Waals surface area (Å²) in [6, 6.07) is 7.89. The standard InChI is InChI=1S/C15H21F3N2/c1-3-19-14-12-7-5-4-6-11(12)8-9-13(14)20(2)10-15(16,17)18/h4-7,13-14,19H,3,8-10H2,1-2H3. The molecule has 2 unspecified atom stereocenters. The number of rotatable bonds is 4. The molecule has 2 rings (SSSR count). The van der Waals surface area contributed by atoms with E-state index in [1.54, 1.807) is 7.05 Å². The van der Waals surface area contributed by atoms with Crippen LogP contribution >= 0.6 is 0 Å². The number of fused-ring (bicyclic) bond motifs is 1. The Labute approximate surface area is 118 Å². The number of halogens is 3. The smallest absolute Gasteiger partial charge is 0.309 e. The molecule has 20 heavy (non-hydrogen) atoms. The topological polar surface area (TPSA) is 15.3 Å². The van der Waals surface area contributed by atoms with Crippen LogP contribution < -0.4 is 5.32 Å². The molecule has 0 spiro atoms. The van der Waals surface area contributed by atoms with E-state index >= 15 is 0 Å². The maximum absolute atomic E-state index is 12.6. The second kappa shape index (κ2) is 6.14. The van der Waals surface area contributed by atoms with Gasteiger partial charge in [0.15, 0.2) is 0 Å². The van der Waals surface area contributed by atoms with E-state index < -0.39 is 12.7 Å². The van der Waals surface area contributed by atoms with Gasteiger partial charge in [0.1, 0.15) is 0 Å². The first kappa shape index (κ1) is 15.3. The van der Waals surface area contributed by atoms with E-state index in [1.165, 1.54) is 10.5 Å². The second-order valence-corrected chi connectivity index (χ2v) is 5.37. The molecule has 112 valence electrons. The van der Waals surface area contributed by atoms with Crippen LogP contribution in [0.2, 0.25) is 0 Å². The largest absolute Gasteiger partial charge is 0.401 e. The highest BCUT2D eigenvalue weighted by atomic mass is 19.4. The van der Waals surface area contributed by atoms with Gasteiger partial charge in [0.25, 0.3) is 0 Å². The summed E-state index contributed by atoms with van der Waals surface area (Å²) in [5.41, 5.74) is 2.38. The molecule has 2 nitrogen and oxygen atoms in total. The number of nitrogens with one attached hydrogen (secondary N) is 1. The Balaban J connectivity index is 2.21. The molecule has 0 fully saturated rings. The zero-order valence-corrected chi connectivity index (χ0v) is 11.9. The normalized spacial score (nSPS) is 22.9. The van der Waals surface area contributed by atoms with E-state index in [1.807, 2.05) is 25.1 Å². The van der Waals surface area contributed by atoms with E-state index in [0.717, 1.165) is 24.9 Å². The lowest BCUT2D eigenvalue weighted by Gasteiger charge is -2.40. The summed E-state index contributed by atoms with van der Waals surface area (Å²) in [6.07, 6.45) is -2.56. The summed E-state index contributed by atoms with van der Waals surface area (Å²) in [5, 5.41) is 3.35. The Bertz CT molecular complexity index is 445. The van der Waals surface area contributed by atoms with Gasteiger partial charge < -0.3 is 5.32 Å². The Morgan fingerprint density at radius 2 is 2.00 bits per heavy atom. The average Bonchev–Trinajstić information content (AvgIpc) is 2.37. The molecule has 1 aliphatic rings. The highest BCUT2D eigenvalue weighted by Crippen LogP contribution is 2.33. The van der Waals surface area contributed by atoms with Crippen molar-refractivity contribution in [2.24, 2.45) is 0 Å². The molecule has 1 N–H and O–H groups in total. The van der Waals surface area contributed by atoms with E-state index in [-0.39, 0.29) is 12.1 Å². The average molecular weight is 286 g/mol. The van der Waals surface area contributed by atoms with Crippen molar-refractivity contribution in [1.29, 1.82) is 0 Å². The maximum atomic E-state index is 12.6. The summed E-state index contributed by atoms with van der Waals surface area (Å²) in [4.78, 5) is 1.43. The second-order valence-electron chi connectivity index (χ2n) is 5.37. The fraction of sp³-hybridized carbons (Fsp3) is 0.600. The molecule has 2 atom stereocenters. The van der Waals surface area contributed by atoms with Crippen LogP contribution in [-0.2, 0) is 6.42 Å². The molecule has 0 aliphatic heterocycles. The highest BCUT2D eigenvalue weighted by molar-refractivity contribution is 5.34. The van der Waals surface area contributed by atoms with Gasteiger partial charge in [-0.15, -0.1) is 0 Å². The molecule has 0 aromatic heterocycles. The van der Waals surface area contributed by atoms with Crippen LogP contribution in [0, 0.1) is 0 Å². The molecule has 5 heteroatoms. The summed E-state index contributed by atoms with van der Waals surface area (Å²) in [5.74, 6) is 0. The number of aryl methyl sites for hydroxylation is 1. The number of likely N-dealkylation sites (N-methyl/N-ethyl adjacent to an activating group) is 2. The lowest BCUT2D eigenvalue weighted by atomic mass is 9.83. The Morgan fingerprint density at radius 3 is 2.65 bits per heavy atom. The van der Waals surface area contributed by atoms with E-state index in [9.17, 15) is 13.2 Å². The van der Waals surface area contributed by atoms with Gasteiger partial charge in [0.2, 0.25) is 0 Å². The number of benzene rings is 1. The SMILES string of the molecule is CCNC1c2ccccc2CCC1N(C)CC(F)(F)F. The molecular formula is C15H21F3N2. The van der Waals surface area contributed by atoms with Gasteiger partial charge >= 0.3 is 6.18 Å². The summed E-state index contributed by atoms with van der Waals surface area (Å²) in [7, 11) is 1.57. The summed E-state index contributed by atoms with van der Waals surface area (Å²) < 4.78 is 37.8. The Morgan fingerprint density at radius 1 is 1.30 bits per heavy atom. The van der Waals surface area contributed by atoms with E-state index in [2.05, 4.69) is 11.4 Å². The fourth-order valence-electron chi connectivity index (χ4n) is 3.08. The maximum Gasteiger partial charge on any atom is 0.401 e. The van der Waals surface area contributed by atoms with E-state index in [0.29, 0.717) is 0 Å². The van der Waals surface area contributed by atoms with Crippen LogP contribution in [-0.4, -0.2) is 37.3 Å². The Hall–Kier alpha value is -1.07. The van der Waals surface area contributed by atoms with Crippen molar-refractivity contribution in [3.05, 3.63) is 35.4 Å². The molecule has 0 saturated heterocycles. The van der Waals surface area contributed by atoms with Gasteiger partial charge in [-0.2, -0.15) is 13.2 Å². The van der Waals surface area contributed by atoms with Crippen LogP contribution in [0.15, 0.2) is 24.3 Å². The molecular weight excluding hydrogens is 265 g/mol. The van der Waals surface area contributed by atoms with Crippen molar-refractivity contribution in [2.75, 3.05) is 20.1 Å². The van der Waals surface area contributed by atoms with Crippen molar-refractivity contribution in [1.82, 2.24) is 10.2 Å². The van der Waals surface area contributed by atoms with Gasteiger partial charge in [0.05, 0.1) is 6.54 Å². The van der Waals surface area contributed by atoms with Crippen molar-refractivity contribution >= 4 is 0 Å². The molecule has 0 heterocycles. The van der Waals surface area contributed by atoms with Crippen molar-refractivity contribution in [2.45, 2.75) is 38.0 Å². The number of alkyl halides is 3. The highest BCUT2D eigenvalue weighted by Gasteiger charge is 2.37. The molecule has 0 radical (unpaired) electrons.